The van der Waals surface area contributed by atoms with Gasteiger partial charge in [-0.05, 0) is 35.4 Å². The molecular formula is C22H19N7O3S. The molecule has 0 atom stereocenters. The first-order chi connectivity index (χ1) is 15.8. The lowest BCUT2D eigenvalue weighted by atomic mass is 9.89. The predicted octanol–water partition coefficient (Wildman–Crippen LogP) is 1.73. The van der Waals surface area contributed by atoms with E-state index in [9.17, 15) is 18.5 Å². The lowest BCUT2D eigenvalue weighted by Gasteiger charge is -2.47. The summed E-state index contributed by atoms with van der Waals surface area (Å²) in [6.07, 6.45) is 6.14. The van der Waals surface area contributed by atoms with E-state index in [0.29, 0.717) is 5.82 Å². The van der Waals surface area contributed by atoms with E-state index >= 15 is 0 Å². The molecule has 4 aromatic rings. The first-order valence-corrected chi connectivity index (χ1v) is 12.0. The van der Waals surface area contributed by atoms with Crippen molar-refractivity contribution in [3.8, 4) is 28.6 Å². The zero-order valence-electron chi connectivity index (χ0n) is 17.6. The standard InChI is InChI=1S/C22H19N7O3S/c1-33(31,32)28-12-22(13-28,6-7-23)29-14-26-21(27-29)18-9-16(15-4-5-20(30)25-11-15)10-19-17(18)3-2-8-24-19/h2-5,8-11,14H,6,12-13H2,1H3,(H,25,30). The Morgan fingerprint density at radius 1 is 1.18 bits per heavy atom. The zero-order valence-corrected chi connectivity index (χ0v) is 18.5. The molecule has 0 amide bonds. The van der Waals surface area contributed by atoms with Crippen LogP contribution in [0.4, 0.5) is 0 Å². The molecule has 0 radical (unpaired) electrons. The largest absolute Gasteiger partial charge is 0.328 e. The number of hydrogen-bond donors (Lipinski definition) is 1. The van der Waals surface area contributed by atoms with Crippen LogP contribution in [0.1, 0.15) is 6.42 Å². The van der Waals surface area contributed by atoms with Crippen LogP contribution in [-0.2, 0) is 15.6 Å². The van der Waals surface area contributed by atoms with Gasteiger partial charge in [0.2, 0.25) is 15.6 Å². The van der Waals surface area contributed by atoms with Gasteiger partial charge in [-0.1, -0.05) is 6.07 Å². The molecule has 0 spiro atoms. The van der Waals surface area contributed by atoms with Crippen molar-refractivity contribution in [1.82, 2.24) is 29.0 Å². The molecule has 1 aliphatic heterocycles. The summed E-state index contributed by atoms with van der Waals surface area (Å²) in [6, 6.07) is 12.9. The van der Waals surface area contributed by atoms with E-state index < -0.39 is 15.6 Å². The second-order valence-electron chi connectivity index (χ2n) is 8.14. The van der Waals surface area contributed by atoms with Crippen molar-refractivity contribution in [2.75, 3.05) is 19.3 Å². The molecule has 1 saturated heterocycles. The van der Waals surface area contributed by atoms with Crippen LogP contribution in [0, 0.1) is 11.3 Å². The molecule has 0 saturated carbocycles. The Kier molecular flexibility index (Phi) is 4.84. The van der Waals surface area contributed by atoms with Crippen molar-refractivity contribution in [2.24, 2.45) is 0 Å². The van der Waals surface area contributed by atoms with Crippen molar-refractivity contribution < 1.29 is 8.42 Å². The first kappa shape index (κ1) is 21.0. The molecule has 33 heavy (non-hydrogen) atoms. The van der Waals surface area contributed by atoms with Gasteiger partial charge in [-0.3, -0.25) is 9.78 Å². The average molecular weight is 462 g/mol. The minimum atomic E-state index is -3.35. The highest BCUT2D eigenvalue weighted by molar-refractivity contribution is 7.88. The number of rotatable bonds is 5. The van der Waals surface area contributed by atoms with Crippen molar-refractivity contribution >= 4 is 20.9 Å². The third-order valence-electron chi connectivity index (χ3n) is 5.88. The molecule has 0 bridgehead atoms. The Morgan fingerprint density at radius 2 is 2.00 bits per heavy atom. The number of benzene rings is 1. The molecule has 1 fully saturated rings. The zero-order chi connectivity index (χ0) is 23.2. The van der Waals surface area contributed by atoms with Crippen LogP contribution in [0.2, 0.25) is 0 Å². The van der Waals surface area contributed by atoms with Gasteiger partial charge in [-0.25, -0.2) is 18.1 Å². The molecule has 1 N–H and O–H groups in total. The maximum absolute atomic E-state index is 11.9. The Morgan fingerprint density at radius 3 is 2.70 bits per heavy atom. The van der Waals surface area contributed by atoms with Crippen LogP contribution in [0.15, 0.2) is 59.9 Å². The summed E-state index contributed by atoms with van der Waals surface area (Å²) in [4.78, 5) is 23.1. The molecule has 11 heteroatoms. The number of hydrogen-bond acceptors (Lipinski definition) is 7. The van der Waals surface area contributed by atoms with Gasteiger partial charge in [0, 0.05) is 42.5 Å². The fraction of sp³-hybridized carbons (Fsp3) is 0.227. The average Bonchev–Trinajstić information content (AvgIpc) is 3.25. The van der Waals surface area contributed by atoms with E-state index in [1.165, 1.54) is 10.4 Å². The van der Waals surface area contributed by atoms with Gasteiger partial charge < -0.3 is 4.98 Å². The lowest BCUT2D eigenvalue weighted by Crippen LogP contribution is -2.63. The minimum absolute atomic E-state index is 0.113. The summed E-state index contributed by atoms with van der Waals surface area (Å²) in [5.41, 5.74) is 2.19. The molecule has 3 aromatic heterocycles. The second kappa shape index (κ2) is 7.61. The van der Waals surface area contributed by atoms with Crippen LogP contribution in [0.3, 0.4) is 0 Å². The summed E-state index contributed by atoms with van der Waals surface area (Å²) in [6.45, 7) is 0.337. The van der Waals surface area contributed by atoms with Gasteiger partial charge in [-0.15, -0.1) is 0 Å². The SMILES string of the molecule is CS(=O)(=O)N1CC(CC#N)(n2cnc(-c3cc(-c4ccc(=O)[nH]c4)cc4ncccc34)n2)C1. The summed E-state index contributed by atoms with van der Waals surface area (Å²) < 4.78 is 26.7. The van der Waals surface area contributed by atoms with Crippen molar-refractivity contribution in [3.63, 3.8) is 0 Å². The monoisotopic (exact) mass is 461 g/mol. The molecule has 1 aliphatic rings. The summed E-state index contributed by atoms with van der Waals surface area (Å²) >= 11 is 0. The van der Waals surface area contributed by atoms with E-state index in [1.807, 2.05) is 24.3 Å². The fourth-order valence-electron chi connectivity index (χ4n) is 4.07. The smallest absolute Gasteiger partial charge is 0.247 e. The maximum Gasteiger partial charge on any atom is 0.247 e. The van der Waals surface area contributed by atoms with Crippen LogP contribution in [0.25, 0.3) is 33.4 Å². The number of nitrogens with one attached hydrogen (secondary N) is 1. The molecule has 4 heterocycles. The normalized spacial score (nSPS) is 15.8. The van der Waals surface area contributed by atoms with Gasteiger partial charge >= 0.3 is 0 Å². The van der Waals surface area contributed by atoms with E-state index in [-0.39, 0.29) is 25.1 Å². The topological polar surface area (TPSA) is 138 Å². The highest BCUT2D eigenvalue weighted by Gasteiger charge is 2.49. The number of aromatic nitrogens is 5. The van der Waals surface area contributed by atoms with Crippen molar-refractivity contribution in [2.45, 2.75) is 12.0 Å². The number of sulfonamides is 1. The Labute approximate surface area is 189 Å². The first-order valence-electron chi connectivity index (χ1n) is 10.1. The Hall–Kier alpha value is -3.88. The molecule has 10 nitrogen and oxygen atoms in total. The fourth-order valence-corrected chi connectivity index (χ4v) is 5.02. The van der Waals surface area contributed by atoms with Crippen molar-refractivity contribution in [1.29, 1.82) is 5.26 Å². The lowest BCUT2D eigenvalue weighted by molar-refractivity contribution is 0.0722. The molecule has 0 unspecified atom stereocenters. The number of H-pyrrole nitrogens is 1. The maximum atomic E-state index is 11.9. The third-order valence-corrected chi connectivity index (χ3v) is 7.07. The number of pyridine rings is 2. The van der Waals surface area contributed by atoms with Crippen LogP contribution >= 0.6 is 0 Å². The number of aromatic amines is 1. The molecule has 166 valence electrons. The molecule has 5 rings (SSSR count). The third kappa shape index (κ3) is 3.69. The summed E-state index contributed by atoms with van der Waals surface area (Å²) in [7, 11) is -3.35. The number of nitrogens with zero attached hydrogens (tertiary/aromatic N) is 6. The van der Waals surface area contributed by atoms with Crippen LogP contribution in [-0.4, -0.2) is 56.8 Å². The van der Waals surface area contributed by atoms with E-state index in [4.69, 9.17) is 0 Å². The predicted molar refractivity (Wildman–Crippen MR) is 121 cm³/mol. The van der Waals surface area contributed by atoms with E-state index in [0.717, 1.165) is 33.8 Å². The quantitative estimate of drug-likeness (QED) is 0.478. The number of fused-ring (bicyclic) bond motifs is 1. The summed E-state index contributed by atoms with van der Waals surface area (Å²) in [5.74, 6) is 0.439. The van der Waals surface area contributed by atoms with Crippen LogP contribution in [0.5, 0.6) is 0 Å². The van der Waals surface area contributed by atoms with Gasteiger partial charge in [0.05, 0.1) is 24.3 Å². The second-order valence-corrected chi connectivity index (χ2v) is 10.1. The highest BCUT2D eigenvalue weighted by Crippen LogP contribution is 2.36. The van der Waals surface area contributed by atoms with Gasteiger partial charge in [0.15, 0.2) is 5.82 Å². The van der Waals surface area contributed by atoms with Crippen molar-refractivity contribution in [3.05, 3.63) is 65.5 Å². The minimum Gasteiger partial charge on any atom is -0.328 e. The number of nitriles is 1. The van der Waals surface area contributed by atoms with Gasteiger partial charge in [-0.2, -0.15) is 14.7 Å². The van der Waals surface area contributed by atoms with Gasteiger partial charge in [0.25, 0.3) is 0 Å². The van der Waals surface area contributed by atoms with E-state index in [2.05, 4.69) is 26.1 Å². The highest BCUT2D eigenvalue weighted by atomic mass is 32.2. The Bertz CT molecular complexity index is 1560. The van der Waals surface area contributed by atoms with Gasteiger partial charge in [0.1, 0.15) is 11.9 Å². The summed E-state index contributed by atoms with van der Waals surface area (Å²) in [5, 5.41) is 14.9. The van der Waals surface area contributed by atoms with Crippen LogP contribution < -0.4 is 5.56 Å². The molecular weight excluding hydrogens is 442 g/mol. The molecule has 0 aliphatic carbocycles. The van der Waals surface area contributed by atoms with E-state index in [1.54, 1.807) is 29.5 Å². The Balaban J connectivity index is 1.60. The molecule has 1 aromatic carbocycles.